The average Bonchev–Trinajstić information content (AvgIpc) is 2.67. The maximum absolute atomic E-state index is 12.4. The van der Waals surface area contributed by atoms with Crippen molar-refractivity contribution in [2.24, 2.45) is 11.7 Å². The van der Waals surface area contributed by atoms with Gasteiger partial charge in [-0.05, 0) is 17.5 Å². The van der Waals surface area contributed by atoms with E-state index in [2.05, 4.69) is 0 Å². The van der Waals surface area contributed by atoms with Crippen LogP contribution >= 0.6 is 0 Å². The fraction of sp³-hybridized carbons (Fsp3) is 0.200. The smallest absolute Gasteiger partial charge is 0.259 e. The molecule has 0 radical (unpaired) electrons. The van der Waals surface area contributed by atoms with Crippen molar-refractivity contribution in [3.63, 3.8) is 0 Å². The van der Waals surface area contributed by atoms with Gasteiger partial charge in [-0.25, -0.2) is 0 Å². The first kappa shape index (κ1) is 11.7. The molecular weight excluding hydrogens is 240 g/mol. The van der Waals surface area contributed by atoms with Gasteiger partial charge in [-0.2, -0.15) is 0 Å². The van der Waals surface area contributed by atoms with Crippen LogP contribution in [-0.4, -0.2) is 18.4 Å². The highest BCUT2D eigenvalue weighted by atomic mass is 16.2. The number of rotatable bonds is 3. The number of benzene rings is 2. The normalized spacial score (nSPS) is 15.0. The number of carbonyl (C=O) groups excluding carboxylic acids is 2. The Bertz CT molecular complexity index is 688. The molecule has 96 valence electrons. The summed E-state index contributed by atoms with van der Waals surface area (Å²) in [6.45, 7) is 2.06. The highest BCUT2D eigenvalue weighted by Crippen LogP contribution is 2.37. The van der Waals surface area contributed by atoms with Crippen LogP contribution in [0.3, 0.4) is 0 Å². The molecule has 1 aliphatic heterocycles. The number of carbonyl (C=O) groups is 2. The summed E-state index contributed by atoms with van der Waals surface area (Å²) in [7, 11) is 0. The number of hydrogen-bond acceptors (Lipinski definition) is 2. The van der Waals surface area contributed by atoms with E-state index in [9.17, 15) is 9.59 Å². The summed E-state index contributed by atoms with van der Waals surface area (Å²) in [5.74, 6) is -0.815. The molecular formula is C15H14N2O2. The lowest BCUT2D eigenvalue weighted by Crippen LogP contribution is -2.36. The van der Waals surface area contributed by atoms with Crippen molar-refractivity contribution in [1.82, 2.24) is 0 Å². The molecule has 1 heterocycles. The van der Waals surface area contributed by atoms with Gasteiger partial charge < -0.3 is 10.6 Å². The summed E-state index contributed by atoms with van der Waals surface area (Å²) < 4.78 is 0. The van der Waals surface area contributed by atoms with Crippen molar-refractivity contribution in [2.45, 2.75) is 6.92 Å². The minimum atomic E-state index is -0.393. The minimum absolute atomic E-state index is 0.0556. The van der Waals surface area contributed by atoms with Gasteiger partial charge in [0, 0.05) is 17.5 Å². The molecule has 1 unspecified atom stereocenters. The van der Waals surface area contributed by atoms with E-state index in [0.29, 0.717) is 12.1 Å². The Kier molecular flexibility index (Phi) is 2.52. The lowest BCUT2D eigenvalue weighted by atomic mass is 10.1. The van der Waals surface area contributed by atoms with E-state index in [1.54, 1.807) is 11.8 Å². The van der Waals surface area contributed by atoms with Gasteiger partial charge in [-0.3, -0.25) is 9.59 Å². The molecule has 2 N–H and O–H groups in total. The summed E-state index contributed by atoms with van der Waals surface area (Å²) in [5, 5.41) is 2.00. The number of hydrogen-bond donors (Lipinski definition) is 1. The second-order valence-electron chi connectivity index (χ2n) is 4.90. The zero-order valence-electron chi connectivity index (χ0n) is 10.6. The highest BCUT2D eigenvalue weighted by Gasteiger charge is 2.31. The fourth-order valence-corrected chi connectivity index (χ4v) is 2.52. The van der Waals surface area contributed by atoms with E-state index in [4.69, 9.17) is 5.73 Å². The maximum Gasteiger partial charge on any atom is 0.259 e. The predicted octanol–water partition coefficient (Wildman–Crippen LogP) is 1.92. The third-order valence-corrected chi connectivity index (χ3v) is 3.59. The van der Waals surface area contributed by atoms with Gasteiger partial charge >= 0.3 is 0 Å². The number of nitrogens with two attached hydrogens (primary N) is 1. The molecule has 2 aromatic rings. The van der Waals surface area contributed by atoms with Crippen LogP contribution in [0.15, 0.2) is 36.4 Å². The van der Waals surface area contributed by atoms with Gasteiger partial charge in [0.05, 0.1) is 11.6 Å². The van der Waals surface area contributed by atoms with Crippen molar-refractivity contribution in [1.29, 1.82) is 0 Å². The molecule has 0 aliphatic carbocycles. The van der Waals surface area contributed by atoms with Crippen LogP contribution < -0.4 is 10.6 Å². The van der Waals surface area contributed by atoms with Crippen LogP contribution in [0.2, 0.25) is 0 Å². The molecule has 1 aliphatic rings. The van der Waals surface area contributed by atoms with Crippen LogP contribution in [0.1, 0.15) is 17.3 Å². The van der Waals surface area contributed by atoms with E-state index in [1.807, 2.05) is 36.4 Å². The van der Waals surface area contributed by atoms with Gasteiger partial charge in [0.15, 0.2) is 0 Å². The lowest BCUT2D eigenvalue weighted by Gasteiger charge is -2.20. The summed E-state index contributed by atoms with van der Waals surface area (Å²) in [6, 6.07) is 11.5. The topological polar surface area (TPSA) is 63.4 Å². The van der Waals surface area contributed by atoms with Crippen LogP contribution in [-0.2, 0) is 4.79 Å². The highest BCUT2D eigenvalue weighted by molar-refractivity contribution is 6.25. The first-order valence-electron chi connectivity index (χ1n) is 6.22. The van der Waals surface area contributed by atoms with Gasteiger partial charge in [0.1, 0.15) is 0 Å². The SMILES string of the molecule is CC(CN1C(=O)c2cccc3cccc1c23)C(N)=O. The van der Waals surface area contributed by atoms with E-state index in [1.165, 1.54) is 0 Å². The van der Waals surface area contributed by atoms with Crippen LogP contribution in [0.5, 0.6) is 0 Å². The molecule has 0 spiro atoms. The summed E-state index contributed by atoms with van der Waals surface area (Å²) >= 11 is 0. The third-order valence-electron chi connectivity index (χ3n) is 3.59. The lowest BCUT2D eigenvalue weighted by molar-refractivity contribution is -0.120. The molecule has 0 saturated heterocycles. The van der Waals surface area contributed by atoms with Gasteiger partial charge in [0.25, 0.3) is 5.91 Å². The monoisotopic (exact) mass is 254 g/mol. The van der Waals surface area contributed by atoms with Crippen molar-refractivity contribution >= 4 is 28.3 Å². The molecule has 1 atom stereocenters. The second kappa shape index (κ2) is 4.09. The molecule has 4 nitrogen and oxygen atoms in total. The quantitative estimate of drug-likeness (QED) is 0.909. The van der Waals surface area contributed by atoms with E-state index in [0.717, 1.165) is 16.5 Å². The molecule has 3 rings (SSSR count). The Labute approximate surface area is 110 Å². The molecule has 19 heavy (non-hydrogen) atoms. The van der Waals surface area contributed by atoms with Crippen molar-refractivity contribution in [2.75, 3.05) is 11.4 Å². The van der Waals surface area contributed by atoms with Crippen molar-refractivity contribution in [3.8, 4) is 0 Å². The minimum Gasteiger partial charge on any atom is -0.369 e. The van der Waals surface area contributed by atoms with Crippen LogP contribution in [0.4, 0.5) is 5.69 Å². The van der Waals surface area contributed by atoms with Crippen molar-refractivity contribution < 1.29 is 9.59 Å². The Hall–Kier alpha value is -2.36. The number of primary amides is 1. The molecule has 0 saturated carbocycles. The van der Waals surface area contributed by atoms with E-state index < -0.39 is 5.91 Å². The summed E-state index contributed by atoms with van der Waals surface area (Å²) in [4.78, 5) is 25.2. The third kappa shape index (κ3) is 1.68. The Morgan fingerprint density at radius 2 is 1.95 bits per heavy atom. The number of anilines is 1. The van der Waals surface area contributed by atoms with E-state index in [-0.39, 0.29) is 11.8 Å². The van der Waals surface area contributed by atoms with Crippen LogP contribution in [0.25, 0.3) is 10.8 Å². The molecule has 0 fully saturated rings. The Morgan fingerprint density at radius 3 is 2.63 bits per heavy atom. The summed E-state index contributed by atoms with van der Waals surface area (Å²) in [5.41, 5.74) is 6.85. The van der Waals surface area contributed by atoms with Crippen LogP contribution in [0, 0.1) is 5.92 Å². The Morgan fingerprint density at radius 1 is 1.26 bits per heavy atom. The zero-order chi connectivity index (χ0) is 13.6. The molecule has 2 aromatic carbocycles. The largest absolute Gasteiger partial charge is 0.369 e. The zero-order valence-corrected chi connectivity index (χ0v) is 10.6. The number of nitrogens with zero attached hydrogens (tertiary/aromatic N) is 1. The van der Waals surface area contributed by atoms with Gasteiger partial charge in [-0.1, -0.05) is 31.2 Å². The maximum atomic E-state index is 12.4. The molecule has 0 aromatic heterocycles. The van der Waals surface area contributed by atoms with Gasteiger partial charge in [0.2, 0.25) is 5.91 Å². The second-order valence-corrected chi connectivity index (χ2v) is 4.90. The fourth-order valence-electron chi connectivity index (χ4n) is 2.52. The molecule has 0 bridgehead atoms. The van der Waals surface area contributed by atoms with Gasteiger partial charge in [-0.15, -0.1) is 0 Å². The predicted molar refractivity (Wildman–Crippen MR) is 74.0 cm³/mol. The first-order valence-corrected chi connectivity index (χ1v) is 6.22. The molecule has 4 heteroatoms. The summed E-state index contributed by atoms with van der Waals surface area (Å²) in [6.07, 6.45) is 0. The average molecular weight is 254 g/mol. The standard InChI is InChI=1S/C15H14N2O2/c1-9(14(16)18)8-17-12-7-3-5-10-4-2-6-11(13(10)12)15(17)19/h2-7,9H,8H2,1H3,(H2,16,18). The Balaban J connectivity index is 2.10. The first-order chi connectivity index (χ1) is 9.09. The molecule has 2 amide bonds. The van der Waals surface area contributed by atoms with Crippen molar-refractivity contribution in [3.05, 3.63) is 42.0 Å². The van der Waals surface area contributed by atoms with E-state index >= 15 is 0 Å². The number of amides is 2.